The van der Waals surface area contributed by atoms with E-state index in [1.54, 1.807) is 12.4 Å². The van der Waals surface area contributed by atoms with Crippen LogP contribution in [0.1, 0.15) is 19.4 Å². The fourth-order valence-corrected chi connectivity index (χ4v) is 1.99. The van der Waals surface area contributed by atoms with Crippen LogP contribution in [0.25, 0.3) is 0 Å². The number of nitrogens with two attached hydrogens (primary N) is 2. The van der Waals surface area contributed by atoms with Crippen LogP contribution in [0.2, 0.25) is 0 Å². The molecular weight excluding hydrogens is 238 g/mol. The lowest BCUT2D eigenvalue weighted by molar-refractivity contribution is 0.562. The van der Waals surface area contributed by atoms with Gasteiger partial charge in [-0.2, -0.15) is 0 Å². The molecule has 2 rings (SSSR count). The highest BCUT2D eigenvalue weighted by atomic mass is 15.0. The topological polar surface area (TPSA) is 89.8 Å². The first kappa shape index (κ1) is 13.1. The number of rotatable bonds is 4. The van der Waals surface area contributed by atoms with Gasteiger partial charge in [0.25, 0.3) is 0 Å². The zero-order valence-electron chi connectivity index (χ0n) is 11.2. The maximum absolute atomic E-state index is 5.94. The molecule has 5 heteroatoms. The quantitative estimate of drug-likeness (QED) is 0.729. The van der Waals surface area contributed by atoms with Crippen LogP contribution >= 0.6 is 0 Å². The molecule has 0 bridgehead atoms. The molecule has 0 amide bonds. The number of anilines is 3. The third kappa shape index (κ3) is 3.58. The van der Waals surface area contributed by atoms with E-state index in [4.69, 9.17) is 11.5 Å². The zero-order chi connectivity index (χ0) is 13.9. The highest BCUT2D eigenvalue weighted by Crippen LogP contribution is 2.23. The minimum absolute atomic E-state index is 0.158. The van der Waals surface area contributed by atoms with Gasteiger partial charge in [-0.05, 0) is 38.0 Å². The van der Waals surface area contributed by atoms with Crippen molar-refractivity contribution in [3.05, 3.63) is 42.2 Å². The number of para-hydroxylation sites is 2. The lowest BCUT2D eigenvalue weighted by atomic mass is 9.96. The average Bonchev–Trinajstić information content (AvgIpc) is 2.35. The largest absolute Gasteiger partial charge is 0.397 e. The third-order valence-corrected chi connectivity index (χ3v) is 2.81. The fraction of sp³-hybridized carbons (Fsp3) is 0.286. The maximum atomic E-state index is 5.94. The first-order valence-corrected chi connectivity index (χ1v) is 6.15. The molecule has 0 aliphatic rings. The minimum Gasteiger partial charge on any atom is -0.397 e. The van der Waals surface area contributed by atoms with Gasteiger partial charge in [0.2, 0.25) is 5.95 Å². The monoisotopic (exact) mass is 257 g/mol. The van der Waals surface area contributed by atoms with E-state index in [2.05, 4.69) is 29.1 Å². The Kier molecular flexibility index (Phi) is 3.55. The molecule has 0 unspecified atom stereocenters. The molecule has 0 saturated heterocycles. The Hall–Kier alpha value is -2.30. The molecule has 1 aromatic carbocycles. The van der Waals surface area contributed by atoms with E-state index in [0.717, 1.165) is 23.4 Å². The highest BCUT2D eigenvalue weighted by Gasteiger charge is 2.19. The number of aromatic nitrogens is 2. The summed E-state index contributed by atoms with van der Waals surface area (Å²) in [4.78, 5) is 8.00. The van der Waals surface area contributed by atoms with Crippen LogP contribution in [0.4, 0.5) is 17.3 Å². The number of benzene rings is 1. The molecule has 0 aliphatic carbocycles. The van der Waals surface area contributed by atoms with E-state index in [-0.39, 0.29) is 5.54 Å². The van der Waals surface area contributed by atoms with Crippen molar-refractivity contribution in [1.29, 1.82) is 0 Å². The Morgan fingerprint density at radius 1 is 1.11 bits per heavy atom. The van der Waals surface area contributed by atoms with E-state index in [0.29, 0.717) is 5.95 Å². The van der Waals surface area contributed by atoms with Gasteiger partial charge in [-0.15, -0.1) is 0 Å². The van der Waals surface area contributed by atoms with Crippen molar-refractivity contribution >= 4 is 17.3 Å². The Bertz CT molecular complexity index is 548. The van der Waals surface area contributed by atoms with Crippen molar-refractivity contribution in [2.24, 2.45) is 0 Å². The van der Waals surface area contributed by atoms with Crippen LogP contribution < -0.4 is 16.8 Å². The first-order chi connectivity index (χ1) is 8.96. The summed E-state index contributed by atoms with van der Waals surface area (Å²) >= 11 is 0. The summed E-state index contributed by atoms with van der Waals surface area (Å²) in [5.74, 6) is 0.293. The molecule has 5 N–H and O–H groups in total. The van der Waals surface area contributed by atoms with E-state index >= 15 is 0 Å². The van der Waals surface area contributed by atoms with Gasteiger partial charge in [0.15, 0.2) is 0 Å². The van der Waals surface area contributed by atoms with Gasteiger partial charge in [-0.25, -0.2) is 9.97 Å². The van der Waals surface area contributed by atoms with Crippen molar-refractivity contribution in [2.75, 3.05) is 16.8 Å². The first-order valence-electron chi connectivity index (χ1n) is 6.15. The molecule has 1 heterocycles. The maximum Gasteiger partial charge on any atom is 0.219 e. The van der Waals surface area contributed by atoms with Crippen LogP contribution in [0, 0.1) is 0 Å². The lowest BCUT2D eigenvalue weighted by Gasteiger charge is -2.28. The number of nitrogens with zero attached hydrogens (tertiary/aromatic N) is 2. The number of nitrogen functional groups attached to an aromatic ring is 2. The van der Waals surface area contributed by atoms with E-state index in [9.17, 15) is 0 Å². The van der Waals surface area contributed by atoms with Gasteiger partial charge in [-0.3, -0.25) is 0 Å². The predicted octanol–water partition coefficient (Wildman–Crippen LogP) is 2.07. The fourth-order valence-electron chi connectivity index (χ4n) is 1.99. The van der Waals surface area contributed by atoms with Crippen molar-refractivity contribution in [1.82, 2.24) is 9.97 Å². The molecule has 2 aromatic rings. The van der Waals surface area contributed by atoms with Gasteiger partial charge in [0.1, 0.15) is 0 Å². The number of hydrogen-bond donors (Lipinski definition) is 3. The third-order valence-electron chi connectivity index (χ3n) is 2.81. The smallest absolute Gasteiger partial charge is 0.219 e. The summed E-state index contributed by atoms with van der Waals surface area (Å²) in [7, 11) is 0. The SMILES string of the molecule is CC(C)(Cc1cnc(N)nc1)Nc1ccccc1N. The molecule has 0 spiro atoms. The molecule has 100 valence electrons. The molecule has 0 fully saturated rings. The molecule has 1 aromatic heterocycles. The van der Waals surface area contributed by atoms with E-state index in [1.165, 1.54) is 0 Å². The molecule has 5 nitrogen and oxygen atoms in total. The molecular formula is C14H19N5. The van der Waals surface area contributed by atoms with Crippen molar-refractivity contribution < 1.29 is 0 Å². The summed E-state index contributed by atoms with van der Waals surface area (Å²) in [5.41, 5.74) is 14.0. The normalized spacial score (nSPS) is 11.3. The Morgan fingerprint density at radius 3 is 2.37 bits per heavy atom. The van der Waals surface area contributed by atoms with Crippen LogP contribution in [-0.4, -0.2) is 15.5 Å². The second-order valence-electron chi connectivity index (χ2n) is 5.22. The van der Waals surface area contributed by atoms with Crippen LogP contribution in [0.5, 0.6) is 0 Å². The zero-order valence-corrected chi connectivity index (χ0v) is 11.2. The summed E-state index contributed by atoms with van der Waals surface area (Å²) in [6.07, 6.45) is 4.28. The van der Waals surface area contributed by atoms with Crippen LogP contribution in [-0.2, 0) is 6.42 Å². The minimum atomic E-state index is -0.158. The van der Waals surface area contributed by atoms with Crippen molar-refractivity contribution in [3.63, 3.8) is 0 Å². The average molecular weight is 257 g/mol. The summed E-state index contributed by atoms with van der Waals surface area (Å²) in [5, 5.41) is 3.44. The number of nitrogens with one attached hydrogen (secondary N) is 1. The second-order valence-corrected chi connectivity index (χ2v) is 5.22. The van der Waals surface area contributed by atoms with Crippen molar-refractivity contribution in [2.45, 2.75) is 25.8 Å². The Balaban J connectivity index is 2.10. The van der Waals surface area contributed by atoms with E-state index < -0.39 is 0 Å². The molecule has 0 aliphatic heterocycles. The predicted molar refractivity (Wildman–Crippen MR) is 78.7 cm³/mol. The Morgan fingerprint density at radius 2 is 1.74 bits per heavy atom. The van der Waals surface area contributed by atoms with Crippen LogP contribution in [0.15, 0.2) is 36.7 Å². The summed E-state index contributed by atoms with van der Waals surface area (Å²) in [6.45, 7) is 4.21. The van der Waals surface area contributed by atoms with Gasteiger partial charge in [0.05, 0.1) is 11.4 Å². The summed E-state index contributed by atoms with van der Waals surface area (Å²) < 4.78 is 0. The molecule has 0 saturated carbocycles. The van der Waals surface area contributed by atoms with Crippen molar-refractivity contribution in [3.8, 4) is 0 Å². The second kappa shape index (κ2) is 5.14. The standard InChI is InChI=1S/C14H19N5/c1-14(2,7-10-8-17-13(16)18-9-10)19-12-6-4-3-5-11(12)15/h3-6,8-9,19H,7,15H2,1-2H3,(H2,16,17,18). The molecule has 19 heavy (non-hydrogen) atoms. The van der Waals surface area contributed by atoms with Crippen LogP contribution in [0.3, 0.4) is 0 Å². The van der Waals surface area contributed by atoms with Gasteiger partial charge in [-0.1, -0.05) is 12.1 Å². The molecule has 0 atom stereocenters. The Labute approximate surface area is 113 Å². The van der Waals surface area contributed by atoms with E-state index in [1.807, 2.05) is 24.3 Å². The molecule has 0 radical (unpaired) electrons. The lowest BCUT2D eigenvalue weighted by Crippen LogP contribution is -2.33. The van der Waals surface area contributed by atoms with Gasteiger partial charge in [0, 0.05) is 17.9 Å². The number of hydrogen-bond acceptors (Lipinski definition) is 5. The summed E-state index contributed by atoms with van der Waals surface area (Å²) in [6, 6.07) is 7.73. The van der Waals surface area contributed by atoms with Gasteiger partial charge >= 0.3 is 0 Å². The highest BCUT2D eigenvalue weighted by molar-refractivity contribution is 5.66. The van der Waals surface area contributed by atoms with Gasteiger partial charge < -0.3 is 16.8 Å².